The summed E-state index contributed by atoms with van der Waals surface area (Å²) < 4.78 is 1.84. The molecular formula is C18H22N6O. The van der Waals surface area contributed by atoms with E-state index in [1.54, 1.807) is 17.7 Å². The number of benzene rings is 1. The molecule has 0 radical (unpaired) electrons. The maximum absolute atomic E-state index is 12.7. The molecule has 25 heavy (non-hydrogen) atoms. The van der Waals surface area contributed by atoms with Crippen molar-refractivity contribution in [1.82, 2.24) is 24.7 Å². The van der Waals surface area contributed by atoms with Gasteiger partial charge in [-0.3, -0.25) is 14.4 Å². The van der Waals surface area contributed by atoms with E-state index in [4.69, 9.17) is 0 Å². The lowest BCUT2D eigenvalue weighted by Crippen LogP contribution is -2.41. The summed E-state index contributed by atoms with van der Waals surface area (Å²) in [6, 6.07) is 10.4. The van der Waals surface area contributed by atoms with E-state index in [1.807, 2.05) is 35.0 Å². The van der Waals surface area contributed by atoms with E-state index in [9.17, 15) is 4.79 Å². The molecule has 1 aromatic heterocycles. The number of aromatic nitrogens is 3. The zero-order valence-electron chi connectivity index (χ0n) is 14.2. The highest BCUT2D eigenvalue weighted by Gasteiger charge is 2.29. The van der Waals surface area contributed by atoms with Crippen LogP contribution in [0.5, 0.6) is 0 Å². The predicted octanol–water partition coefficient (Wildman–Crippen LogP) is 1.38. The first-order valence-corrected chi connectivity index (χ1v) is 8.79. The summed E-state index contributed by atoms with van der Waals surface area (Å²) in [6.07, 6.45) is 6.30. The monoisotopic (exact) mass is 338 g/mol. The largest absolute Gasteiger partial charge is 0.290 e. The Hall–Kier alpha value is -2.54. The molecule has 1 aromatic carbocycles. The second-order valence-electron chi connectivity index (χ2n) is 6.56. The lowest BCUT2D eigenvalue weighted by Gasteiger charge is -2.25. The van der Waals surface area contributed by atoms with Gasteiger partial charge in [0.05, 0.1) is 25.3 Å². The first-order valence-electron chi connectivity index (χ1n) is 8.79. The van der Waals surface area contributed by atoms with Gasteiger partial charge in [0.1, 0.15) is 12.7 Å². The summed E-state index contributed by atoms with van der Waals surface area (Å²) in [5.74, 6) is 0.0800. The molecule has 0 unspecified atom stereocenters. The van der Waals surface area contributed by atoms with Crippen LogP contribution in [0.1, 0.15) is 24.8 Å². The zero-order valence-corrected chi connectivity index (χ0v) is 14.2. The van der Waals surface area contributed by atoms with Crippen molar-refractivity contribution in [2.45, 2.75) is 31.8 Å². The van der Waals surface area contributed by atoms with Crippen LogP contribution in [0.15, 0.2) is 48.1 Å². The van der Waals surface area contributed by atoms with Crippen molar-refractivity contribution in [2.75, 3.05) is 19.6 Å². The number of nitrogens with zero attached hydrogens (tertiary/aromatic N) is 6. The van der Waals surface area contributed by atoms with Crippen LogP contribution in [0.25, 0.3) is 0 Å². The van der Waals surface area contributed by atoms with Crippen LogP contribution in [0.3, 0.4) is 0 Å². The third-order valence-corrected chi connectivity index (χ3v) is 4.90. The molecule has 3 heterocycles. The van der Waals surface area contributed by atoms with Crippen LogP contribution >= 0.6 is 0 Å². The van der Waals surface area contributed by atoms with E-state index in [0.29, 0.717) is 19.1 Å². The third-order valence-electron chi connectivity index (χ3n) is 4.90. The van der Waals surface area contributed by atoms with Gasteiger partial charge < -0.3 is 0 Å². The third kappa shape index (κ3) is 3.61. The second-order valence-corrected chi connectivity index (χ2v) is 6.56. The van der Waals surface area contributed by atoms with Crippen molar-refractivity contribution in [1.29, 1.82) is 0 Å². The normalized spacial score (nSPS) is 20.9. The van der Waals surface area contributed by atoms with E-state index < -0.39 is 0 Å². The molecule has 0 spiro atoms. The Morgan fingerprint density at radius 1 is 1.20 bits per heavy atom. The fourth-order valence-corrected chi connectivity index (χ4v) is 3.58. The topological polar surface area (TPSA) is 66.6 Å². The summed E-state index contributed by atoms with van der Waals surface area (Å²) in [4.78, 5) is 18.9. The highest BCUT2D eigenvalue weighted by molar-refractivity contribution is 6.02. The summed E-state index contributed by atoms with van der Waals surface area (Å²) in [5, 5.41) is 10.4. The Morgan fingerprint density at radius 3 is 2.88 bits per heavy atom. The second kappa shape index (κ2) is 7.14. The molecule has 0 bridgehead atoms. The van der Waals surface area contributed by atoms with Crippen LogP contribution in [0, 0.1) is 0 Å². The molecule has 2 aliphatic heterocycles. The van der Waals surface area contributed by atoms with Gasteiger partial charge in [0.2, 0.25) is 0 Å². The van der Waals surface area contributed by atoms with Gasteiger partial charge in [0.15, 0.2) is 0 Å². The number of carbonyl (C=O) groups excluding carboxylic acids is 1. The van der Waals surface area contributed by atoms with E-state index in [1.165, 1.54) is 0 Å². The SMILES string of the molecule is O=C(CN1CCC[C@H]1Cn1cncn1)N1CCC(c2ccccc2)=N1. The van der Waals surface area contributed by atoms with Crippen molar-refractivity contribution < 1.29 is 4.79 Å². The first-order chi connectivity index (χ1) is 12.3. The van der Waals surface area contributed by atoms with Gasteiger partial charge in [-0.1, -0.05) is 30.3 Å². The van der Waals surface area contributed by atoms with Crippen LogP contribution in [-0.2, 0) is 11.3 Å². The number of carbonyl (C=O) groups is 1. The lowest BCUT2D eigenvalue weighted by atomic mass is 10.1. The van der Waals surface area contributed by atoms with Crippen molar-refractivity contribution in [2.24, 2.45) is 5.10 Å². The Bertz CT molecular complexity index is 742. The average molecular weight is 338 g/mol. The summed E-state index contributed by atoms with van der Waals surface area (Å²) in [5.41, 5.74) is 2.09. The Morgan fingerprint density at radius 2 is 2.08 bits per heavy atom. The van der Waals surface area contributed by atoms with Gasteiger partial charge in [-0.25, -0.2) is 9.99 Å². The maximum atomic E-state index is 12.7. The molecule has 130 valence electrons. The van der Waals surface area contributed by atoms with E-state index in [2.05, 4.69) is 20.1 Å². The van der Waals surface area contributed by atoms with Gasteiger partial charge in [0, 0.05) is 12.5 Å². The van der Waals surface area contributed by atoms with Crippen molar-refractivity contribution >= 4 is 11.6 Å². The zero-order chi connectivity index (χ0) is 17.1. The van der Waals surface area contributed by atoms with Crippen molar-refractivity contribution in [3.63, 3.8) is 0 Å². The Labute approximate surface area is 146 Å². The average Bonchev–Trinajstić information content (AvgIpc) is 3.38. The molecule has 7 heteroatoms. The molecule has 0 N–H and O–H groups in total. The van der Waals surface area contributed by atoms with Crippen LogP contribution in [0.4, 0.5) is 0 Å². The van der Waals surface area contributed by atoms with Gasteiger partial charge in [0.25, 0.3) is 5.91 Å². The number of amides is 1. The van der Waals surface area contributed by atoms with E-state index in [0.717, 1.165) is 43.6 Å². The fourth-order valence-electron chi connectivity index (χ4n) is 3.58. The molecule has 2 aliphatic rings. The molecule has 1 atom stereocenters. The van der Waals surface area contributed by atoms with Gasteiger partial charge in [-0.2, -0.15) is 10.2 Å². The Kier molecular flexibility index (Phi) is 4.56. The van der Waals surface area contributed by atoms with E-state index in [-0.39, 0.29) is 5.91 Å². The number of hydrazone groups is 1. The molecule has 0 saturated carbocycles. The van der Waals surface area contributed by atoms with Crippen LogP contribution in [-0.4, -0.2) is 62.0 Å². The standard InChI is InChI=1S/C18H22N6O/c25-18(24-10-8-17(21-24)15-5-2-1-3-6-15)12-22-9-4-7-16(22)11-23-14-19-13-20-23/h1-3,5-6,13-14,16H,4,7-12H2/t16-/m0/s1. The van der Waals surface area contributed by atoms with Crippen molar-refractivity contribution in [3.8, 4) is 0 Å². The maximum Gasteiger partial charge on any atom is 0.256 e. The minimum absolute atomic E-state index is 0.0800. The molecule has 2 aromatic rings. The van der Waals surface area contributed by atoms with Crippen LogP contribution in [0.2, 0.25) is 0 Å². The van der Waals surface area contributed by atoms with Gasteiger partial charge in [-0.05, 0) is 24.9 Å². The van der Waals surface area contributed by atoms with E-state index >= 15 is 0 Å². The molecule has 1 saturated heterocycles. The minimum Gasteiger partial charge on any atom is -0.290 e. The Balaban J connectivity index is 1.37. The van der Waals surface area contributed by atoms with Gasteiger partial charge in [-0.15, -0.1) is 0 Å². The summed E-state index contributed by atoms with van der Waals surface area (Å²) in [6.45, 7) is 2.83. The predicted molar refractivity (Wildman–Crippen MR) is 93.9 cm³/mol. The highest BCUT2D eigenvalue weighted by Crippen LogP contribution is 2.20. The quantitative estimate of drug-likeness (QED) is 0.826. The molecule has 0 aliphatic carbocycles. The molecule has 1 fully saturated rings. The molecular weight excluding hydrogens is 316 g/mol. The summed E-state index contributed by atoms with van der Waals surface area (Å²) >= 11 is 0. The van der Waals surface area contributed by atoms with Crippen LogP contribution < -0.4 is 0 Å². The number of hydrogen-bond acceptors (Lipinski definition) is 5. The number of rotatable bonds is 5. The minimum atomic E-state index is 0.0800. The molecule has 4 rings (SSSR count). The van der Waals surface area contributed by atoms with Gasteiger partial charge >= 0.3 is 0 Å². The fraction of sp³-hybridized carbons (Fsp3) is 0.444. The van der Waals surface area contributed by atoms with Crippen molar-refractivity contribution in [3.05, 3.63) is 48.5 Å². The highest BCUT2D eigenvalue weighted by atomic mass is 16.2. The number of likely N-dealkylation sites (tertiary alicyclic amines) is 1. The lowest BCUT2D eigenvalue weighted by molar-refractivity contribution is -0.132. The summed E-state index contributed by atoms with van der Waals surface area (Å²) in [7, 11) is 0. The molecule has 1 amide bonds. The first kappa shape index (κ1) is 16.0. The molecule has 7 nitrogen and oxygen atoms in total. The smallest absolute Gasteiger partial charge is 0.256 e. The number of hydrogen-bond donors (Lipinski definition) is 0.